The summed E-state index contributed by atoms with van der Waals surface area (Å²) in [5.74, 6) is 0.494. The summed E-state index contributed by atoms with van der Waals surface area (Å²) >= 11 is 0. The van der Waals surface area contributed by atoms with E-state index in [1.807, 2.05) is 6.07 Å². The lowest BCUT2D eigenvalue weighted by Crippen LogP contribution is -2.30. The fraction of sp³-hybridized carbons (Fsp3) is 0.500. The van der Waals surface area contributed by atoms with Gasteiger partial charge in [-0.3, -0.25) is 10.1 Å². The number of hydrogen-bond donors (Lipinski definition) is 1. The zero-order valence-corrected chi connectivity index (χ0v) is 10.4. The van der Waals surface area contributed by atoms with E-state index in [0.29, 0.717) is 5.95 Å². The zero-order valence-electron chi connectivity index (χ0n) is 10.4. The van der Waals surface area contributed by atoms with E-state index in [2.05, 4.69) is 15.3 Å². The average molecular weight is 250 g/mol. The Kier molecular flexibility index (Phi) is 4.37. The van der Waals surface area contributed by atoms with Gasteiger partial charge in [-0.1, -0.05) is 0 Å². The molecule has 96 valence electrons. The average Bonchev–Trinajstić information content (AvgIpc) is 2.37. The lowest BCUT2D eigenvalue weighted by Gasteiger charge is -2.23. The Bertz CT molecular complexity index is 484. The largest absolute Gasteiger partial charge is 0.357 e. The summed E-state index contributed by atoms with van der Waals surface area (Å²) in [6.07, 6.45) is 1.41. The second-order valence-corrected chi connectivity index (χ2v) is 3.73. The molecule has 0 fully saturated rings. The zero-order chi connectivity index (χ0) is 13.7. The molecule has 0 amide bonds. The molecule has 0 bridgehead atoms. The van der Waals surface area contributed by atoms with Crippen molar-refractivity contribution < 1.29 is 4.92 Å². The van der Waals surface area contributed by atoms with Crippen LogP contribution in [0.4, 0.5) is 17.5 Å². The highest BCUT2D eigenvalue weighted by molar-refractivity contribution is 5.59. The minimum Gasteiger partial charge on any atom is -0.357 e. The summed E-state index contributed by atoms with van der Waals surface area (Å²) < 4.78 is 0. The fourth-order valence-electron chi connectivity index (χ4n) is 1.35. The van der Waals surface area contributed by atoms with Gasteiger partial charge in [0, 0.05) is 20.1 Å². The van der Waals surface area contributed by atoms with Crippen molar-refractivity contribution in [2.24, 2.45) is 0 Å². The van der Waals surface area contributed by atoms with Crippen LogP contribution in [-0.4, -0.2) is 35.0 Å². The van der Waals surface area contributed by atoms with Gasteiger partial charge in [0.25, 0.3) is 0 Å². The minimum atomic E-state index is -0.537. The van der Waals surface area contributed by atoms with E-state index < -0.39 is 4.92 Å². The Hall–Kier alpha value is -2.43. The molecule has 1 unspecified atom stereocenters. The molecule has 1 atom stereocenters. The first-order chi connectivity index (χ1) is 8.51. The quantitative estimate of drug-likeness (QED) is 0.617. The van der Waals surface area contributed by atoms with Crippen molar-refractivity contribution >= 4 is 17.5 Å². The highest BCUT2D eigenvalue weighted by Crippen LogP contribution is 2.26. The summed E-state index contributed by atoms with van der Waals surface area (Å²) in [6, 6.07) is 1.85. The van der Waals surface area contributed by atoms with Crippen LogP contribution >= 0.6 is 0 Å². The predicted octanol–water partition coefficient (Wildman–Crippen LogP) is 1.16. The van der Waals surface area contributed by atoms with Gasteiger partial charge >= 0.3 is 5.69 Å². The third-order valence-corrected chi connectivity index (χ3v) is 2.55. The Morgan fingerprint density at radius 1 is 1.72 bits per heavy atom. The first kappa shape index (κ1) is 13.6. The van der Waals surface area contributed by atoms with Gasteiger partial charge in [0.1, 0.15) is 6.20 Å². The van der Waals surface area contributed by atoms with Gasteiger partial charge in [-0.15, -0.1) is 0 Å². The molecular formula is C10H14N6O2. The van der Waals surface area contributed by atoms with Crippen molar-refractivity contribution in [1.82, 2.24) is 9.97 Å². The van der Waals surface area contributed by atoms with E-state index in [0.717, 1.165) is 6.20 Å². The molecule has 1 aromatic rings. The normalized spacial score (nSPS) is 11.4. The van der Waals surface area contributed by atoms with Crippen molar-refractivity contribution in [3.8, 4) is 6.07 Å². The molecule has 0 aliphatic heterocycles. The number of nitrogens with zero attached hydrogens (tertiary/aromatic N) is 5. The number of nitriles is 1. The van der Waals surface area contributed by atoms with Gasteiger partial charge in [-0.05, 0) is 6.92 Å². The molecule has 1 aromatic heterocycles. The lowest BCUT2D eigenvalue weighted by molar-refractivity contribution is -0.384. The maximum Gasteiger partial charge on any atom is 0.329 e. The van der Waals surface area contributed by atoms with Crippen LogP contribution in [0.1, 0.15) is 13.3 Å². The molecule has 8 heteroatoms. The van der Waals surface area contributed by atoms with Crippen LogP contribution in [0, 0.1) is 21.4 Å². The highest BCUT2D eigenvalue weighted by atomic mass is 16.6. The van der Waals surface area contributed by atoms with Gasteiger partial charge in [-0.2, -0.15) is 10.2 Å². The third-order valence-electron chi connectivity index (χ3n) is 2.55. The third kappa shape index (κ3) is 2.82. The number of hydrogen-bond acceptors (Lipinski definition) is 7. The van der Waals surface area contributed by atoms with E-state index in [1.165, 1.54) is 0 Å². The van der Waals surface area contributed by atoms with Crippen LogP contribution in [0.25, 0.3) is 0 Å². The van der Waals surface area contributed by atoms with Crippen LogP contribution in [0.2, 0.25) is 0 Å². The van der Waals surface area contributed by atoms with Crippen LogP contribution in [0.3, 0.4) is 0 Å². The molecule has 1 rings (SSSR count). The smallest absolute Gasteiger partial charge is 0.329 e. The number of nitro groups is 1. The molecule has 8 nitrogen and oxygen atoms in total. The van der Waals surface area contributed by atoms with Crippen molar-refractivity contribution in [1.29, 1.82) is 5.26 Å². The summed E-state index contributed by atoms with van der Waals surface area (Å²) in [7, 11) is 3.29. The molecule has 0 radical (unpaired) electrons. The van der Waals surface area contributed by atoms with E-state index >= 15 is 0 Å². The maximum atomic E-state index is 10.9. The van der Waals surface area contributed by atoms with Gasteiger partial charge in [0.2, 0.25) is 11.8 Å². The predicted molar refractivity (Wildman–Crippen MR) is 66.3 cm³/mol. The van der Waals surface area contributed by atoms with Crippen LogP contribution in [0.5, 0.6) is 0 Å². The molecule has 0 aliphatic carbocycles. The topological polar surface area (TPSA) is 108 Å². The number of aromatic nitrogens is 2. The molecule has 0 saturated heterocycles. The first-order valence-corrected chi connectivity index (χ1v) is 5.30. The maximum absolute atomic E-state index is 10.9. The van der Waals surface area contributed by atoms with Crippen LogP contribution in [-0.2, 0) is 0 Å². The highest BCUT2D eigenvalue weighted by Gasteiger charge is 2.23. The SMILES string of the molecule is CNc1ncc([N+](=O)[O-])c(N(C)C(C)CC#N)n1. The first-order valence-electron chi connectivity index (χ1n) is 5.30. The number of nitrogens with one attached hydrogen (secondary N) is 1. The Balaban J connectivity index is 3.19. The molecule has 0 saturated carbocycles. The molecule has 0 spiro atoms. The number of anilines is 2. The Labute approximate surface area is 104 Å². The van der Waals surface area contributed by atoms with E-state index in [-0.39, 0.29) is 24.0 Å². The Morgan fingerprint density at radius 2 is 2.39 bits per heavy atom. The minimum absolute atomic E-state index is 0.173. The van der Waals surface area contributed by atoms with Gasteiger partial charge < -0.3 is 10.2 Å². The molecule has 0 aromatic carbocycles. The molecular weight excluding hydrogens is 236 g/mol. The second-order valence-electron chi connectivity index (χ2n) is 3.73. The Morgan fingerprint density at radius 3 is 2.89 bits per heavy atom. The summed E-state index contributed by atoms with van der Waals surface area (Å²) in [6.45, 7) is 1.80. The molecule has 0 aliphatic rings. The second kappa shape index (κ2) is 5.77. The molecule has 18 heavy (non-hydrogen) atoms. The van der Waals surface area contributed by atoms with E-state index in [9.17, 15) is 10.1 Å². The summed E-state index contributed by atoms with van der Waals surface area (Å²) in [4.78, 5) is 19.9. The van der Waals surface area contributed by atoms with E-state index in [4.69, 9.17) is 5.26 Å². The van der Waals surface area contributed by atoms with Crippen LogP contribution < -0.4 is 10.2 Å². The lowest BCUT2D eigenvalue weighted by atomic mass is 10.2. The molecule has 1 N–H and O–H groups in total. The van der Waals surface area contributed by atoms with Crippen molar-refractivity contribution in [2.45, 2.75) is 19.4 Å². The van der Waals surface area contributed by atoms with Crippen molar-refractivity contribution in [3.63, 3.8) is 0 Å². The van der Waals surface area contributed by atoms with Crippen molar-refractivity contribution in [2.75, 3.05) is 24.3 Å². The summed E-state index contributed by atoms with van der Waals surface area (Å²) in [5.41, 5.74) is -0.179. The van der Waals surface area contributed by atoms with Gasteiger partial charge in [-0.25, -0.2) is 4.98 Å². The van der Waals surface area contributed by atoms with Crippen molar-refractivity contribution in [3.05, 3.63) is 16.3 Å². The monoisotopic (exact) mass is 250 g/mol. The van der Waals surface area contributed by atoms with Gasteiger partial charge in [0.05, 0.1) is 17.4 Å². The summed E-state index contributed by atoms with van der Waals surface area (Å²) in [5, 5.41) is 22.3. The fourth-order valence-corrected chi connectivity index (χ4v) is 1.35. The van der Waals surface area contributed by atoms with Crippen LogP contribution in [0.15, 0.2) is 6.20 Å². The number of rotatable bonds is 5. The molecule has 1 heterocycles. The van der Waals surface area contributed by atoms with Gasteiger partial charge in [0.15, 0.2) is 0 Å². The van der Waals surface area contributed by atoms with E-state index in [1.54, 1.807) is 25.9 Å². The standard InChI is InChI=1S/C10H14N6O2/c1-7(4-5-11)15(3)9-8(16(17)18)6-13-10(12-2)14-9/h6-7H,4H2,1-3H3,(H,12,13,14).